The molecule has 0 bridgehead atoms. The molecule has 0 aliphatic carbocycles. The van der Waals surface area contributed by atoms with Gasteiger partial charge in [-0.2, -0.15) is 4.31 Å². The van der Waals surface area contributed by atoms with E-state index in [9.17, 15) is 22.8 Å². The summed E-state index contributed by atoms with van der Waals surface area (Å²) >= 11 is 0. The molecule has 3 heterocycles. The molecule has 0 spiro atoms. The number of pyridine rings is 1. The molecule has 2 saturated heterocycles. The highest BCUT2D eigenvalue weighted by atomic mass is 32.2. The average Bonchev–Trinajstić information content (AvgIpc) is 3.46. The van der Waals surface area contributed by atoms with Crippen molar-refractivity contribution in [3.63, 3.8) is 0 Å². The molecule has 2 fully saturated rings. The van der Waals surface area contributed by atoms with Gasteiger partial charge in [-0.1, -0.05) is 39.0 Å². The van der Waals surface area contributed by atoms with E-state index in [4.69, 9.17) is 0 Å². The average molecular weight is 541 g/mol. The molecule has 2 aliphatic heterocycles. The van der Waals surface area contributed by atoms with E-state index in [0.717, 1.165) is 0 Å². The van der Waals surface area contributed by atoms with Gasteiger partial charge in [-0.05, 0) is 54.5 Å². The zero-order chi connectivity index (χ0) is 27.4. The Hall–Kier alpha value is -3.11. The highest BCUT2D eigenvalue weighted by Gasteiger charge is 2.53. The second-order valence-electron chi connectivity index (χ2n) is 10.6. The molecule has 2 amide bonds. The number of amides is 2. The number of aromatic nitrogens is 1. The number of sulfonamides is 1. The molecule has 9 nitrogen and oxygen atoms in total. The van der Waals surface area contributed by atoms with Crippen LogP contribution in [0.5, 0.6) is 0 Å². The molecule has 0 radical (unpaired) electrons. The first-order valence-electron chi connectivity index (χ1n) is 13.2. The fourth-order valence-corrected chi connectivity index (χ4v) is 6.91. The highest BCUT2D eigenvalue weighted by Crippen LogP contribution is 2.33. The number of carbonyl (C=O) groups is 3. The second kappa shape index (κ2) is 11.7. The molecular weight excluding hydrogens is 504 g/mol. The van der Waals surface area contributed by atoms with Crippen molar-refractivity contribution in [1.82, 2.24) is 19.5 Å². The summed E-state index contributed by atoms with van der Waals surface area (Å²) < 4.78 is 27.4. The van der Waals surface area contributed by atoms with E-state index in [1.54, 1.807) is 23.1 Å². The number of ketones is 1. The van der Waals surface area contributed by atoms with E-state index in [2.05, 4.69) is 24.1 Å². The lowest BCUT2D eigenvalue weighted by atomic mass is 10.0. The van der Waals surface area contributed by atoms with Crippen molar-refractivity contribution in [2.45, 2.75) is 63.8 Å². The van der Waals surface area contributed by atoms with Gasteiger partial charge >= 0.3 is 0 Å². The van der Waals surface area contributed by atoms with Gasteiger partial charge in [0.2, 0.25) is 15.9 Å². The number of nitrogens with zero attached hydrogens (tertiary/aromatic N) is 3. The van der Waals surface area contributed by atoms with Crippen LogP contribution in [0, 0.1) is 5.92 Å². The molecule has 2 aromatic rings. The van der Waals surface area contributed by atoms with E-state index < -0.39 is 22.1 Å². The van der Waals surface area contributed by atoms with Gasteiger partial charge in [0.05, 0.1) is 18.3 Å². The van der Waals surface area contributed by atoms with E-state index in [-0.39, 0.29) is 42.2 Å². The van der Waals surface area contributed by atoms with E-state index in [1.807, 2.05) is 31.2 Å². The first kappa shape index (κ1) is 27.9. The summed E-state index contributed by atoms with van der Waals surface area (Å²) in [5.41, 5.74) is 2.19. The standard InChI is InChI=1S/C28H36N4O5S/c1-19(2)21-7-9-22(10-8-21)28(35)30-14-11-20(3)16-26(34)31-15-12-24-27(31)25(33)17-32(24)38(36,37)18-23-6-4-5-13-29-23/h4-10,13,19-20,24,27H,11-12,14-18H2,1-3H3,(H,30,35). The lowest BCUT2D eigenvalue weighted by molar-refractivity contribution is -0.137. The fourth-order valence-electron chi connectivity index (χ4n) is 5.24. The van der Waals surface area contributed by atoms with E-state index in [0.29, 0.717) is 43.1 Å². The molecule has 0 saturated carbocycles. The van der Waals surface area contributed by atoms with Gasteiger partial charge in [0.1, 0.15) is 11.8 Å². The lowest BCUT2D eigenvalue weighted by Crippen LogP contribution is -2.44. The van der Waals surface area contributed by atoms with Crippen LogP contribution in [-0.2, 0) is 25.4 Å². The van der Waals surface area contributed by atoms with Crippen molar-refractivity contribution in [1.29, 1.82) is 0 Å². The summed E-state index contributed by atoms with van der Waals surface area (Å²) in [6.07, 6.45) is 2.82. The van der Waals surface area contributed by atoms with Gasteiger partial charge in [0.15, 0.2) is 5.78 Å². The molecular formula is C28H36N4O5S. The zero-order valence-corrected chi connectivity index (χ0v) is 23.0. The van der Waals surface area contributed by atoms with Crippen molar-refractivity contribution in [3.05, 3.63) is 65.5 Å². The number of rotatable bonds is 10. The van der Waals surface area contributed by atoms with Crippen LogP contribution in [0.3, 0.4) is 0 Å². The number of hydrogen-bond acceptors (Lipinski definition) is 6. The number of likely N-dealkylation sites (tertiary alicyclic amines) is 1. The van der Waals surface area contributed by atoms with Crippen LogP contribution >= 0.6 is 0 Å². The fraction of sp³-hybridized carbons (Fsp3) is 0.500. The van der Waals surface area contributed by atoms with E-state index >= 15 is 0 Å². The molecule has 1 aromatic heterocycles. The van der Waals surface area contributed by atoms with Crippen molar-refractivity contribution >= 4 is 27.6 Å². The number of benzene rings is 1. The van der Waals surface area contributed by atoms with Gasteiger partial charge in [-0.25, -0.2) is 8.42 Å². The van der Waals surface area contributed by atoms with Gasteiger partial charge in [0, 0.05) is 31.3 Å². The van der Waals surface area contributed by atoms with Crippen LogP contribution in [0.4, 0.5) is 0 Å². The predicted octanol–water partition coefficient (Wildman–Crippen LogP) is 2.74. The third kappa shape index (κ3) is 6.30. The number of fused-ring (bicyclic) bond motifs is 1. The summed E-state index contributed by atoms with van der Waals surface area (Å²) in [4.78, 5) is 44.0. The summed E-state index contributed by atoms with van der Waals surface area (Å²) in [5.74, 6) is -0.430. The number of carbonyl (C=O) groups excluding carboxylic acids is 3. The second-order valence-corrected chi connectivity index (χ2v) is 12.5. The zero-order valence-electron chi connectivity index (χ0n) is 22.2. The Morgan fingerprint density at radius 1 is 1.11 bits per heavy atom. The van der Waals surface area contributed by atoms with Gasteiger partial charge in [-0.3, -0.25) is 19.4 Å². The number of hydrogen-bond donors (Lipinski definition) is 1. The molecule has 4 rings (SSSR count). The molecule has 38 heavy (non-hydrogen) atoms. The minimum absolute atomic E-state index is 0.00865. The van der Waals surface area contributed by atoms with Crippen molar-refractivity contribution in [3.8, 4) is 0 Å². The lowest BCUT2D eigenvalue weighted by Gasteiger charge is -2.25. The topological polar surface area (TPSA) is 117 Å². The summed E-state index contributed by atoms with van der Waals surface area (Å²) in [6.45, 7) is 6.72. The number of Topliss-reactive ketones (excluding diaryl/α,β-unsaturated/α-hetero) is 1. The minimum atomic E-state index is -3.75. The maximum Gasteiger partial charge on any atom is 0.251 e. The van der Waals surface area contributed by atoms with Crippen LogP contribution in [0.2, 0.25) is 0 Å². The molecule has 1 N–H and O–H groups in total. The smallest absolute Gasteiger partial charge is 0.251 e. The predicted molar refractivity (Wildman–Crippen MR) is 144 cm³/mol. The molecule has 10 heteroatoms. The summed E-state index contributed by atoms with van der Waals surface area (Å²) in [5, 5.41) is 2.91. The SMILES string of the molecule is CC(CCNC(=O)c1ccc(C(C)C)cc1)CC(=O)N1CCC2C1C(=O)CN2S(=O)(=O)Cc1ccccn1. The van der Waals surface area contributed by atoms with Gasteiger partial charge in [-0.15, -0.1) is 0 Å². The van der Waals surface area contributed by atoms with Gasteiger partial charge < -0.3 is 10.2 Å². The maximum atomic E-state index is 13.1. The van der Waals surface area contributed by atoms with E-state index in [1.165, 1.54) is 16.1 Å². The highest BCUT2D eigenvalue weighted by molar-refractivity contribution is 7.88. The Morgan fingerprint density at radius 2 is 1.84 bits per heavy atom. The molecule has 204 valence electrons. The Labute approximate surface area is 224 Å². The first-order chi connectivity index (χ1) is 18.1. The molecule has 3 unspecified atom stereocenters. The Morgan fingerprint density at radius 3 is 2.50 bits per heavy atom. The van der Waals surface area contributed by atoms with Crippen LogP contribution in [-0.4, -0.2) is 71.9 Å². The minimum Gasteiger partial charge on any atom is -0.352 e. The summed E-state index contributed by atoms with van der Waals surface area (Å²) in [6, 6.07) is 11.4. The molecule has 1 aromatic carbocycles. The van der Waals surface area contributed by atoms with Crippen molar-refractivity contribution in [2.24, 2.45) is 5.92 Å². The third-order valence-corrected chi connectivity index (χ3v) is 9.17. The van der Waals surface area contributed by atoms with Crippen molar-refractivity contribution in [2.75, 3.05) is 19.6 Å². The third-order valence-electron chi connectivity index (χ3n) is 7.40. The molecule has 2 aliphatic rings. The quantitative estimate of drug-likeness (QED) is 0.495. The van der Waals surface area contributed by atoms with Crippen LogP contribution < -0.4 is 5.32 Å². The van der Waals surface area contributed by atoms with Crippen molar-refractivity contribution < 1.29 is 22.8 Å². The van der Waals surface area contributed by atoms with Crippen LogP contribution in [0.15, 0.2) is 48.7 Å². The normalized spacial score (nSPS) is 20.5. The number of nitrogens with one attached hydrogen (secondary N) is 1. The first-order valence-corrected chi connectivity index (χ1v) is 14.8. The monoisotopic (exact) mass is 540 g/mol. The molecule has 3 atom stereocenters. The van der Waals surface area contributed by atoms with Crippen LogP contribution in [0.25, 0.3) is 0 Å². The van der Waals surface area contributed by atoms with Gasteiger partial charge in [0.25, 0.3) is 5.91 Å². The van der Waals surface area contributed by atoms with Crippen LogP contribution in [0.1, 0.15) is 67.6 Å². The summed E-state index contributed by atoms with van der Waals surface area (Å²) in [7, 11) is -3.75. The largest absolute Gasteiger partial charge is 0.352 e. The maximum absolute atomic E-state index is 13.1. The Kier molecular flexibility index (Phi) is 8.62. The Bertz CT molecular complexity index is 1260. The Balaban J connectivity index is 1.28.